The first kappa shape index (κ1) is 14.4. The zero-order valence-electron chi connectivity index (χ0n) is 9.43. The standard InChI is InChI=1S/C11H12FN3O2.ClH/c12-7-5-6(10(14)16)1-2-9(7)15-4-3-8(13)11(15)17;/h1-2,5,8H,3-4,13H2,(H2,14,16);1H/t8-;/m0./s1. The van der Waals surface area contributed by atoms with Gasteiger partial charge < -0.3 is 16.4 Å². The number of carbonyl (C=O) groups excluding carboxylic acids is 2. The topological polar surface area (TPSA) is 89.4 Å². The Morgan fingerprint density at radius 3 is 2.56 bits per heavy atom. The van der Waals surface area contributed by atoms with Gasteiger partial charge in [0.15, 0.2) is 0 Å². The van der Waals surface area contributed by atoms with E-state index in [0.29, 0.717) is 13.0 Å². The van der Waals surface area contributed by atoms with E-state index in [2.05, 4.69) is 0 Å². The Hall–Kier alpha value is -1.66. The van der Waals surface area contributed by atoms with Gasteiger partial charge in [0.25, 0.3) is 0 Å². The van der Waals surface area contributed by atoms with E-state index in [1.807, 2.05) is 0 Å². The zero-order valence-corrected chi connectivity index (χ0v) is 10.2. The predicted molar refractivity (Wildman–Crippen MR) is 67.1 cm³/mol. The van der Waals surface area contributed by atoms with E-state index in [-0.39, 0.29) is 29.6 Å². The summed E-state index contributed by atoms with van der Waals surface area (Å²) in [5, 5.41) is 0. The molecule has 1 aliphatic heterocycles. The van der Waals surface area contributed by atoms with E-state index >= 15 is 0 Å². The van der Waals surface area contributed by atoms with Gasteiger partial charge in [0.1, 0.15) is 5.82 Å². The highest BCUT2D eigenvalue weighted by Crippen LogP contribution is 2.24. The number of hydrogen-bond acceptors (Lipinski definition) is 3. The van der Waals surface area contributed by atoms with Crippen molar-refractivity contribution in [2.45, 2.75) is 12.5 Å². The lowest BCUT2D eigenvalue weighted by Crippen LogP contribution is -2.34. The average molecular weight is 274 g/mol. The molecule has 4 N–H and O–H groups in total. The molecule has 1 heterocycles. The second-order valence-electron chi connectivity index (χ2n) is 3.92. The van der Waals surface area contributed by atoms with Crippen LogP contribution < -0.4 is 16.4 Å². The van der Waals surface area contributed by atoms with Gasteiger partial charge in [-0.25, -0.2) is 4.39 Å². The van der Waals surface area contributed by atoms with Crippen LogP contribution in [0.4, 0.5) is 10.1 Å². The van der Waals surface area contributed by atoms with E-state index in [1.165, 1.54) is 17.0 Å². The number of halogens is 2. The van der Waals surface area contributed by atoms with Crippen molar-refractivity contribution in [1.82, 2.24) is 0 Å². The summed E-state index contributed by atoms with van der Waals surface area (Å²) in [6, 6.07) is 3.20. The quantitative estimate of drug-likeness (QED) is 0.818. The molecule has 1 aromatic carbocycles. The van der Waals surface area contributed by atoms with Crippen LogP contribution in [0.15, 0.2) is 18.2 Å². The van der Waals surface area contributed by atoms with Crippen LogP contribution in [0.2, 0.25) is 0 Å². The van der Waals surface area contributed by atoms with Crippen molar-refractivity contribution in [3.63, 3.8) is 0 Å². The van der Waals surface area contributed by atoms with Crippen LogP contribution in [0.25, 0.3) is 0 Å². The molecule has 1 atom stereocenters. The minimum atomic E-state index is -0.708. The molecule has 98 valence electrons. The lowest BCUT2D eigenvalue weighted by Gasteiger charge is -2.17. The Morgan fingerprint density at radius 2 is 2.11 bits per heavy atom. The first-order valence-corrected chi connectivity index (χ1v) is 5.17. The van der Waals surface area contributed by atoms with Crippen molar-refractivity contribution in [1.29, 1.82) is 0 Å². The summed E-state index contributed by atoms with van der Waals surface area (Å²) in [7, 11) is 0. The molecule has 0 radical (unpaired) electrons. The van der Waals surface area contributed by atoms with Crippen LogP contribution in [0.3, 0.4) is 0 Å². The van der Waals surface area contributed by atoms with E-state index < -0.39 is 17.8 Å². The van der Waals surface area contributed by atoms with Crippen molar-refractivity contribution >= 4 is 29.9 Å². The van der Waals surface area contributed by atoms with Gasteiger partial charge in [0.2, 0.25) is 11.8 Å². The number of hydrogen-bond donors (Lipinski definition) is 2. The summed E-state index contributed by atoms with van der Waals surface area (Å²) in [6.07, 6.45) is 0.496. The molecular weight excluding hydrogens is 261 g/mol. The molecule has 0 unspecified atom stereocenters. The van der Waals surface area contributed by atoms with Gasteiger partial charge in [-0.05, 0) is 24.6 Å². The molecule has 2 rings (SSSR count). The Balaban J connectivity index is 0.00000162. The molecule has 2 amide bonds. The molecule has 0 bridgehead atoms. The smallest absolute Gasteiger partial charge is 0.248 e. The van der Waals surface area contributed by atoms with E-state index in [9.17, 15) is 14.0 Å². The fourth-order valence-corrected chi connectivity index (χ4v) is 1.82. The second kappa shape index (κ2) is 5.32. The van der Waals surface area contributed by atoms with Crippen molar-refractivity contribution in [3.05, 3.63) is 29.6 Å². The van der Waals surface area contributed by atoms with E-state index in [4.69, 9.17) is 11.5 Å². The number of rotatable bonds is 2. The third-order valence-corrected chi connectivity index (χ3v) is 2.77. The summed E-state index contributed by atoms with van der Waals surface area (Å²) < 4.78 is 13.7. The normalized spacial score (nSPS) is 18.7. The maximum Gasteiger partial charge on any atom is 0.248 e. The Kier molecular flexibility index (Phi) is 4.26. The van der Waals surface area contributed by atoms with Crippen LogP contribution in [0.1, 0.15) is 16.8 Å². The maximum absolute atomic E-state index is 13.7. The summed E-state index contributed by atoms with van der Waals surface area (Å²) in [5.74, 6) is -1.67. The first-order valence-electron chi connectivity index (χ1n) is 5.17. The van der Waals surface area contributed by atoms with Crippen molar-refractivity contribution < 1.29 is 14.0 Å². The molecule has 5 nitrogen and oxygen atoms in total. The number of primary amides is 1. The Bertz CT molecular complexity index is 495. The molecule has 18 heavy (non-hydrogen) atoms. The highest BCUT2D eigenvalue weighted by Gasteiger charge is 2.31. The van der Waals surface area contributed by atoms with Gasteiger partial charge in [0.05, 0.1) is 11.7 Å². The number of amides is 2. The van der Waals surface area contributed by atoms with E-state index in [1.54, 1.807) is 0 Å². The third-order valence-electron chi connectivity index (χ3n) is 2.77. The first-order chi connectivity index (χ1) is 8.00. The zero-order chi connectivity index (χ0) is 12.6. The number of nitrogens with zero attached hydrogens (tertiary/aromatic N) is 1. The van der Waals surface area contributed by atoms with Crippen LogP contribution in [0, 0.1) is 5.82 Å². The molecule has 1 aliphatic rings. The Labute approximate surface area is 109 Å². The third kappa shape index (κ3) is 2.44. The molecule has 0 saturated carbocycles. The van der Waals surface area contributed by atoms with Crippen molar-refractivity contribution in [3.8, 4) is 0 Å². The largest absolute Gasteiger partial charge is 0.366 e. The predicted octanol–water partition coefficient (Wildman–Crippen LogP) is 0.410. The molecule has 1 fully saturated rings. The van der Waals surface area contributed by atoms with Gasteiger partial charge in [0, 0.05) is 12.1 Å². The van der Waals surface area contributed by atoms with Crippen molar-refractivity contribution in [2.75, 3.05) is 11.4 Å². The number of anilines is 1. The van der Waals surface area contributed by atoms with Gasteiger partial charge in [-0.1, -0.05) is 0 Å². The molecule has 0 aromatic heterocycles. The van der Waals surface area contributed by atoms with Gasteiger partial charge in [-0.15, -0.1) is 12.4 Å². The fraction of sp³-hybridized carbons (Fsp3) is 0.273. The van der Waals surface area contributed by atoms with Crippen LogP contribution >= 0.6 is 12.4 Å². The van der Waals surface area contributed by atoms with Gasteiger partial charge >= 0.3 is 0 Å². The average Bonchev–Trinajstić information content (AvgIpc) is 2.60. The summed E-state index contributed by atoms with van der Waals surface area (Å²) >= 11 is 0. The van der Waals surface area contributed by atoms with Gasteiger partial charge in [-0.2, -0.15) is 0 Å². The SMILES string of the molecule is Cl.NC(=O)c1ccc(N2CC[C@H](N)C2=O)c(F)c1. The Morgan fingerprint density at radius 1 is 1.44 bits per heavy atom. The van der Waals surface area contributed by atoms with Crippen LogP contribution in [-0.4, -0.2) is 24.4 Å². The minimum Gasteiger partial charge on any atom is -0.366 e. The number of benzene rings is 1. The van der Waals surface area contributed by atoms with Crippen LogP contribution in [0.5, 0.6) is 0 Å². The van der Waals surface area contributed by atoms with Crippen molar-refractivity contribution in [2.24, 2.45) is 11.5 Å². The lowest BCUT2D eigenvalue weighted by atomic mass is 10.2. The maximum atomic E-state index is 13.7. The molecule has 7 heteroatoms. The highest BCUT2D eigenvalue weighted by atomic mass is 35.5. The van der Waals surface area contributed by atoms with Crippen LogP contribution in [-0.2, 0) is 4.79 Å². The number of carbonyl (C=O) groups is 2. The summed E-state index contributed by atoms with van der Waals surface area (Å²) in [6.45, 7) is 0.382. The number of nitrogens with two attached hydrogens (primary N) is 2. The summed E-state index contributed by atoms with van der Waals surface area (Å²) in [5.41, 5.74) is 10.8. The highest BCUT2D eigenvalue weighted by molar-refractivity contribution is 6.00. The van der Waals surface area contributed by atoms with Gasteiger partial charge in [-0.3, -0.25) is 9.59 Å². The monoisotopic (exact) mass is 273 g/mol. The van der Waals surface area contributed by atoms with E-state index in [0.717, 1.165) is 6.07 Å². The fourth-order valence-electron chi connectivity index (χ4n) is 1.82. The molecular formula is C11H13ClFN3O2. The summed E-state index contributed by atoms with van der Waals surface area (Å²) in [4.78, 5) is 23.8. The second-order valence-corrected chi connectivity index (χ2v) is 3.92. The molecule has 0 spiro atoms. The molecule has 0 aliphatic carbocycles. The molecule has 1 saturated heterocycles. The lowest BCUT2D eigenvalue weighted by molar-refractivity contribution is -0.118. The minimum absolute atomic E-state index is 0. The molecule has 1 aromatic rings.